The van der Waals surface area contributed by atoms with Gasteiger partial charge in [-0.2, -0.15) is 5.10 Å². The molecule has 1 heterocycles. The Labute approximate surface area is 178 Å². The molecule has 2 aromatic carbocycles. The smallest absolute Gasteiger partial charge is 0.250 e. The number of benzene rings is 2. The van der Waals surface area contributed by atoms with Gasteiger partial charge in [0.15, 0.2) is 8.68 Å². The van der Waals surface area contributed by atoms with Crippen LogP contribution in [0.4, 0.5) is 4.39 Å². The number of carbonyl (C=O) groups is 1. The molecule has 1 N–H and O–H groups in total. The number of hydrogen-bond acceptors (Lipinski definition) is 7. The van der Waals surface area contributed by atoms with E-state index in [0.717, 1.165) is 15.7 Å². The molecular weight excluding hydrogens is 439 g/mol. The molecule has 144 valence electrons. The van der Waals surface area contributed by atoms with Gasteiger partial charge >= 0.3 is 0 Å². The van der Waals surface area contributed by atoms with E-state index in [1.54, 1.807) is 23.9 Å². The summed E-state index contributed by atoms with van der Waals surface area (Å²) >= 11 is 10.2. The standard InChI is InChI=1S/C18H14ClFN4OS3/c19-14-6-4-12(5-7-14)10-26-17-23-24-18(28-17)27-11-16(25)22-21-9-13-2-1-3-15(20)8-13/h1-9H,10-11H2,(H,22,25)/b21-9+. The van der Waals surface area contributed by atoms with Crippen molar-refractivity contribution in [1.82, 2.24) is 15.6 Å². The first-order valence-corrected chi connectivity index (χ1v) is 11.2. The van der Waals surface area contributed by atoms with E-state index in [2.05, 4.69) is 20.7 Å². The zero-order valence-electron chi connectivity index (χ0n) is 14.3. The Morgan fingerprint density at radius 2 is 1.93 bits per heavy atom. The third kappa shape index (κ3) is 6.90. The van der Waals surface area contributed by atoms with Gasteiger partial charge in [-0.25, -0.2) is 9.82 Å². The summed E-state index contributed by atoms with van der Waals surface area (Å²) in [4.78, 5) is 11.8. The van der Waals surface area contributed by atoms with Crippen molar-refractivity contribution in [2.75, 3.05) is 5.75 Å². The minimum Gasteiger partial charge on any atom is -0.272 e. The molecule has 0 aliphatic rings. The molecule has 3 aromatic rings. The summed E-state index contributed by atoms with van der Waals surface area (Å²) in [5.41, 5.74) is 4.12. The van der Waals surface area contributed by atoms with Crippen LogP contribution >= 0.6 is 46.5 Å². The first-order valence-electron chi connectivity index (χ1n) is 7.99. The van der Waals surface area contributed by atoms with Crippen LogP contribution in [0.1, 0.15) is 11.1 Å². The molecule has 5 nitrogen and oxygen atoms in total. The molecule has 0 fully saturated rings. The SMILES string of the molecule is O=C(CSc1nnc(SCc2ccc(Cl)cc2)s1)N/N=C/c1cccc(F)c1. The van der Waals surface area contributed by atoms with Gasteiger partial charge in [-0.3, -0.25) is 4.79 Å². The quantitative estimate of drug-likeness (QED) is 0.300. The van der Waals surface area contributed by atoms with Crippen LogP contribution in [0.3, 0.4) is 0 Å². The maximum absolute atomic E-state index is 13.1. The van der Waals surface area contributed by atoms with Crippen molar-refractivity contribution < 1.29 is 9.18 Å². The second kappa shape index (κ2) is 10.6. The Hall–Kier alpha value is -1.94. The normalized spacial score (nSPS) is 11.1. The van der Waals surface area contributed by atoms with Gasteiger partial charge in [-0.05, 0) is 35.4 Å². The number of rotatable bonds is 8. The Balaban J connectivity index is 1.41. The number of nitrogens with zero attached hydrogens (tertiary/aromatic N) is 3. The molecule has 1 amide bonds. The first-order chi connectivity index (χ1) is 13.6. The highest BCUT2D eigenvalue weighted by molar-refractivity contribution is 8.03. The lowest BCUT2D eigenvalue weighted by molar-refractivity contribution is -0.118. The summed E-state index contributed by atoms with van der Waals surface area (Å²) in [6.45, 7) is 0. The molecule has 0 atom stereocenters. The van der Waals surface area contributed by atoms with E-state index in [0.29, 0.717) is 14.9 Å². The van der Waals surface area contributed by atoms with Gasteiger partial charge in [0.1, 0.15) is 5.82 Å². The molecule has 10 heteroatoms. The van der Waals surface area contributed by atoms with Gasteiger partial charge in [0.05, 0.1) is 12.0 Å². The zero-order valence-corrected chi connectivity index (χ0v) is 17.5. The Morgan fingerprint density at radius 1 is 1.18 bits per heavy atom. The highest BCUT2D eigenvalue weighted by atomic mass is 35.5. The first kappa shape index (κ1) is 20.8. The molecule has 0 spiro atoms. The van der Waals surface area contributed by atoms with E-state index < -0.39 is 0 Å². The monoisotopic (exact) mass is 452 g/mol. The summed E-state index contributed by atoms with van der Waals surface area (Å²) in [7, 11) is 0. The molecule has 0 bridgehead atoms. The Bertz CT molecular complexity index is 965. The summed E-state index contributed by atoms with van der Waals surface area (Å²) in [5.74, 6) is 0.304. The predicted molar refractivity (Wildman–Crippen MR) is 114 cm³/mol. The highest BCUT2D eigenvalue weighted by Crippen LogP contribution is 2.30. The van der Waals surface area contributed by atoms with Crippen molar-refractivity contribution in [2.24, 2.45) is 5.10 Å². The van der Waals surface area contributed by atoms with Crippen molar-refractivity contribution in [3.63, 3.8) is 0 Å². The van der Waals surface area contributed by atoms with E-state index in [9.17, 15) is 9.18 Å². The van der Waals surface area contributed by atoms with E-state index in [1.165, 1.54) is 41.4 Å². The van der Waals surface area contributed by atoms with Crippen LogP contribution in [0.25, 0.3) is 0 Å². The van der Waals surface area contributed by atoms with Gasteiger partial charge in [0, 0.05) is 10.8 Å². The molecule has 0 saturated carbocycles. The predicted octanol–water partition coefficient (Wildman–Crippen LogP) is 4.87. The largest absolute Gasteiger partial charge is 0.272 e. The Morgan fingerprint density at radius 3 is 2.68 bits per heavy atom. The molecule has 0 unspecified atom stereocenters. The van der Waals surface area contributed by atoms with Crippen molar-refractivity contribution in [3.8, 4) is 0 Å². The number of halogens is 2. The number of hydrazone groups is 1. The van der Waals surface area contributed by atoms with Gasteiger partial charge in [0.2, 0.25) is 0 Å². The maximum Gasteiger partial charge on any atom is 0.250 e. The number of amides is 1. The van der Waals surface area contributed by atoms with E-state index >= 15 is 0 Å². The topological polar surface area (TPSA) is 67.2 Å². The molecule has 0 aliphatic carbocycles. The average molecular weight is 453 g/mol. The average Bonchev–Trinajstić information content (AvgIpc) is 3.14. The van der Waals surface area contributed by atoms with Gasteiger partial charge in [-0.15, -0.1) is 10.2 Å². The van der Waals surface area contributed by atoms with Crippen LogP contribution < -0.4 is 5.43 Å². The van der Waals surface area contributed by atoms with Crippen LogP contribution in [-0.4, -0.2) is 28.1 Å². The number of hydrogen-bond donors (Lipinski definition) is 1. The Kier molecular flexibility index (Phi) is 7.84. The fourth-order valence-corrected chi connectivity index (χ4v) is 4.86. The lowest BCUT2D eigenvalue weighted by Gasteiger charge is -1.98. The van der Waals surface area contributed by atoms with Crippen LogP contribution in [0.2, 0.25) is 5.02 Å². The summed E-state index contributed by atoms with van der Waals surface area (Å²) in [6.07, 6.45) is 1.39. The van der Waals surface area contributed by atoms with E-state index in [4.69, 9.17) is 11.6 Å². The van der Waals surface area contributed by atoms with Crippen molar-refractivity contribution in [2.45, 2.75) is 14.4 Å². The van der Waals surface area contributed by atoms with Crippen molar-refractivity contribution >= 4 is 58.6 Å². The van der Waals surface area contributed by atoms with Crippen LogP contribution in [0, 0.1) is 5.82 Å². The third-order valence-corrected chi connectivity index (χ3v) is 6.75. The number of nitrogens with one attached hydrogen (secondary N) is 1. The zero-order chi connectivity index (χ0) is 19.8. The fourth-order valence-electron chi connectivity index (χ4n) is 1.96. The van der Waals surface area contributed by atoms with Gasteiger partial charge < -0.3 is 0 Å². The summed E-state index contributed by atoms with van der Waals surface area (Å²) in [5, 5.41) is 12.7. The minimum atomic E-state index is -0.355. The molecule has 0 radical (unpaired) electrons. The summed E-state index contributed by atoms with van der Waals surface area (Å²) in [6, 6.07) is 13.6. The maximum atomic E-state index is 13.1. The second-order valence-corrected chi connectivity index (χ2v) is 9.24. The summed E-state index contributed by atoms with van der Waals surface area (Å²) < 4.78 is 14.6. The lowest BCUT2D eigenvalue weighted by atomic mass is 10.2. The van der Waals surface area contributed by atoms with Gasteiger partial charge in [0.25, 0.3) is 5.91 Å². The fraction of sp³-hybridized carbons (Fsp3) is 0.111. The van der Waals surface area contributed by atoms with Crippen molar-refractivity contribution in [3.05, 3.63) is 70.5 Å². The van der Waals surface area contributed by atoms with Crippen LogP contribution in [0.15, 0.2) is 62.3 Å². The second-order valence-electron chi connectivity index (χ2n) is 5.39. The number of thioether (sulfide) groups is 2. The molecular formula is C18H14ClFN4OS3. The minimum absolute atomic E-state index is 0.164. The van der Waals surface area contributed by atoms with Gasteiger partial charge in [-0.1, -0.05) is 70.7 Å². The molecule has 1 aromatic heterocycles. The number of aromatic nitrogens is 2. The lowest BCUT2D eigenvalue weighted by Crippen LogP contribution is -2.19. The highest BCUT2D eigenvalue weighted by Gasteiger charge is 2.08. The van der Waals surface area contributed by atoms with Crippen LogP contribution in [-0.2, 0) is 10.5 Å². The molecule has 28 heavy (non-hydrogen) atoms. The molecule has 0 saturated heterocycles. The molecule has 0 aliphatic heterocycles. The third-order valence-electron chi connectivity index (χ3n) is 3.24. The number of carbonyl (C=O) groups excluding carboxylic acids is 1. The van der Waals surface area contributed by atoms with Crippen molar-refractivity contribution in [1.29, 1.82) is 0 Å². The van der Waals surface area contributed by atoms with E-state index in [-0.39, 0.29) is 17.5 Å². The van der Waals surface area contributed by atoms with Crippen LogP contribution in [0.5, 0.6) is 0 Å². The van der Waals surface area contributed by atoms with E-state index in [1.807, 2.05) is 24.3 Å². The molecule has 3 rings (SSSR count).